The number of aryl methyl sites for hydroxylation is 3. The Balaban J connectivity index is 2.43. The van der Waals surface area contributed by atoms with Gasteiger partial charge < -0.3 is 10.1 Å². The Hall–Kier alpha value is -1.80. The van der Waals surface area contributed by atoms with Crippen LogP contribution >= 0.6 is 11.3 Å². The van der Waals surface area contributed by atoms with Crippen molar-refractivity contribution in [3.05, 3.63) is 33.3 Å². The van der Waals surface area contributed by atoms with Crippen molar-refractivity contribution in [1.29, 1.82) is 0 Å². The average molecular weight is 314 g/mol. The number of carbonyl (C=O) groups is 1. The van der Waals surface area contributed by atoms with Gasteiger partial charge in [-0.2, -0.15) is 0 Å². The van der Waals surface area contributed by atoms with Crippen molar-refractivity contribution in [3.63, 3.8) is 0 Å². The van der Waals surface area contributed by atoms with Crippen LogP contribution in [0.5, 0.6) is 0 Å². The SMILES string of the molecule is Cc1cc(NS(=O)(=O)c2cc(C)sc2C)c(C(=O)O)[nH]1. The maximum Gasteiger partial charge on any atom is 0.354 e. The molecule has 0 aliphatic rings. The lowest BCUT2D eigenvalue weighted by molar-refractivity contribution is 0.0692. The predicted octanol–water partition coefficient (Wildman–Crippen LogP) is 2.50. The van der Waals surface area contributed by atoms with E-state index in [1.807, 2.05) is 6.92 Å². The Bertz CT molecular complexity index is 771. The zero-order valence-electron chi connectivity index (χ0n) is 11.1. The van der Waals surface area contributed by atoms with Gasteiger partial charge in [-0.15, -0.1) is 11.3 Å². The second kappa shape index (κ2) is 4.95. The molecule has 0 spiro atoms. The second-order valence-corrected chi connectivity index (χ2v) is 7.54. The minimum absolute atomic E-state index is 0.0400. The van der Waals surface area contributed by atoms with Crippen molar-refractivity contribution in [2.45, 2.75) is 25.7 Å². The van der Waals surface area contributed by atoms with Crippen molar-refractivity contribution < 1.29 is 18.3 Å². The summed E-state index contributed by atoms with van der Waals surface area (Å²) in [6.45, 7) is 5.19. The zero-order valence-corrected chi connectivity index (χ0v) is 12.8. The first-order valence-electron chi connectivity index (χ1n) is 5.73. The summed E-state index contributed by atoms with van der Waals surface area (Å²) < 4.78 is 26.9. The van der Waals surface area contributed by atoms with Crippen LogP contribution in [0.4, 0.5) is 5.69 Å². The summed E-state index contributed by atoms with van der Waals surface area (Å²) in [5.41, 5.74) is 0.437. The van der Waals surface area contributed by atoms with Gasteiger partial charge in [0.2, 0.25) is 0 Å². The lowest BCUT2D eigenvalue weighted by atomic mass is 10.4. The summed E-state index contributed by atoms with van der Waals surface area (Å²) in [6, 6.07) is 3.03. The van der Waals surface area contributed by atoms with Gasteiger partial charge >= 0.3 is 5.97 Å². The third-order valence-electron chi connectivity index (χ3n) is 2.70. The first-order chi connectivity index (χ1) is 9.20. The number of anilines is 1. The summed E-state index contributed by atoms with van der Waals surface area (Å²) in [7, 11) is -3.79. The van der Waals surface area contributed by atoms with E-state index in [2.05, 4.69) is 9.71 Å². The Labute approximate surface area is 120 Å². The van der Waals surface area contributed by atoms with Gasteiger partial charge in [0.05, 0.1) is 5.69 Å². The summed E-state index contributed by atoms with van der Waals surface area (Å²) in [5, 5.41) is 9.04. The van der Waals surface area contributed by atoms with Gasteiger partial charge in [0.1, 0.15) is 10.6 Å². The van der Waals surface area contributed by atoms with Gasteiger partial charge in [-0.25, -0.2) is 13.2 Å². The third kappa shape index (κ3) is 2.70. The first kappa shape index (κ1) is 14.6. The maximum absolute atomic E-state index is 12.3. The number of aromatic amines is 1. The molecule has 0 amide bonds. The highest BCUT2D eigenvalue weighted by molar-refractivity contribution is 7.93. The molecular weight excluding hydrogens is 300 g/mol. The van der Waals surface area contributed by atoms with E-state index in [1.165, 1.54) is 17.4 Å². The quantitative estimate of drug-likeness (QED) is 0.807. The Morgan fingerprint density at radius 2 is 1.95 bits per heavy atom. The molecule has 20 heavy (non-hydrogen) atoms. The number of aromatic nitrogens is 1. The smallest absolute Gasteiger partial charge is 0.354 e. The molecule has 2 heterocycles. The summed E-state index contributed by atoms with van der Waals surface area (Å²) in [4.78, 5) is 15.4. The van der Waals surface area contributed by atoms with E-state index >= 15 is 0 Å². The van der Waals surface area contributed by atoms with Crippen molar-refractivity contribution in [2.75, 3.05) is 4.72 Å². The van der Waals surface area contributed by atoms with Crippen molar-refractivity contribution >= 4 is 33.0 Å². The van der Waals surface area contributed by atoms with Gasteiger partial charge in [-0.3, -0.25) is 4.72 Å². The van der Waals surface area contributed by atoms with Crippen LogP contribution < -0.4 is 4.72 Å². The average Bonchev–Trinajstić information content (AvgIpc) is 2.81. The summed E-state index contributed by atoms with van der Waals surface area (Å²) in [6.07, 6.45) is 0. The highest BCUT2D eigenvalue weighted by atomic mass is 32.2. The molecule has 2 aromatic heterocycles. The first-order valence-corrected chi connectivity index (χ1v) is 8.03. The van der Waals surface area contributed by atoms with Gasteiger partial charge in [0.25, 0.3) is 10.0 Å². The van der Waals surface area contributed by atoms with Gasteiger partial charge in [-0.1, -0.05) is 0 Å². The Kier molecular flexibility index (Phi) is 3.61. The number of carboxylic acid groups (broad SMARTS) is 1. The molecule has 0 aliphatic heterocycles. The molecule has 6 nitrogen and oxygen atoms in total. The van der Waals surface area contributed by atoms with Crippen LogP contribution in [-0.4, -0.2) is 24.5 Å². The standard InChI is InChI=1S/C12H14N2O4S2/c1-6-4-9(11(13-6)12(15)16)14-20(17,18)10-5-7(2)19-8(10)3/h4-5,13-14H,1-3H3,(H,15,16). The van der Waals surface area contributed by atoms with Crippen LogP contribution in [0.1, 0.15) is 25.9 Å². The fourth-order valence-electron chi connectivity index (χ4n) is 1.91. The van der Waals surface area contributed by atoms with Crippen LogP contribution in [0.3, 0.4) is 0 Å². The van der Waals surface area contributed by atoms with Crippen LogP contribution in [0.2, 0.25) is 0 Å². The van der Waals surface area contributed by atoms with E-state index in [-0.39, 0.29) is 16.3 Å². The largest absolute Gasteiger partial charge is 0.477 e. The molecule has 0 saturated heterocycles. The Morgan fingerprint density at radius 3 is 2.45 bits per heavy atom. The molecule has 0 radical (unpaired) electrons. The predicted molar refractivity (Wildman–Crippen MR) is 77.1 cm³/mol. The number of thiophene rings is 1. The number of hydrogen-bond donors (Lipinski definition) is 3. The normalized spacial score (nSPS) is 11.6. The highest BCUT2D eigenvalue weighted by Gasteiger charge is 2.23. The van der Waals surface area contributed by atoms with Crippen LogP contribution in [0, 0.1) is 20.8 Å². The number of carboxylic acids is 1. The highest BCUT2D eigenvalue weighted by Crippen LogP contribution is 2.28. The van der Waals surface area contributed by atoms with E-state index < -0.39 is 16.0 Å². The minimum Gasteiger partial charge on any atom is -0.477 e. The number of hydrogen-bond acceptors (Lipinski definition) is 4. The molecule has 108 valence electrons. The molecule has 0 bridgehead atoms. The second-order valence-electron chi connectivity index (χ2n) is 4.43. The lowest BCUT2D eigenvalue weighted by Gasteiger charge is -2.06. The summed E-state index contributed by atoms with van der Waals surface area (Å²) >= 11 is 1.38. The third-order valence-corrected chi connectivity index (χ3v) is 5.28. The van der Waals surface area contributed by atoms with Gasteiger partial charge in [0.15, 0.2) is 0 Å². The topological polar surface area (TPSA) is 99.3 Å². The number of sulfonamides is 1. The van der Waals surface area contributed by atoms with Crippen molar-refractivity contribution in [3.8, 4) is 0 Å². The van der Waals surface area contributed by atoms with Crippen molar-refractivity contribution in [1.82, 2.24) is 4.98 Å². The summed E-state index contributed by atoms with van der Waals surface area (Å²) in [5.74, 6) is -1.21. The molecule has 3 N–H and O–H groups in total. The van der Waals surface area contributed by atoms with E-state index in [1.54, 1.807) is 19.9 Å². The molecule has 0 fully saturated rings. The molecule has 0 aliphatic carbocycles. The van der Waals surface area contributed by atoms with Crippen LogP contribution in [0.25, 0.3) is 0 Å². The number of nitrogens with one attached hydrogen (secondary N) is 2. The van der Waals surface area contributed by atoms with Gasteiger partial charge in [-0.05, 0) is 32.9 Å². The zero-order chi connectivity index (χ0) is 15.1. The molecular formula is C12H14N2O4S2. The lowest BCUT2D eigenvalue weighted by Crippen LogP contribution is -2.15. The molecule has 0 unspecified atom stereocenters. The number of rotatable bonds is 4. The van der Waals surface area contributed by atoms with E-state index in [9.17, 15) is 13.2 Å². The number of aromatic carboxylic acids is 1. The molecule has 0 aromatic carbocycles. The van der Waals surface area contributed by atoms with E-state index in [0.29, 0.717) is 10.6 Å². The molecule has 2 rings (SSSR count). The molecule has 0 atom stereocenters. The van der Waals surface area contributed by atoms with Gasteiger partial charge in [0, 0.05) is 15.4 Å². The maximum atomic E-state index is 12.3. The molecule has 2 aromatic rings. The fourth-order valence-corrected chi connectivity index (χ4v) is 4.53. The minimum atomic E-state index is -3.79. The van der Waals surface area contributed by atoms with E-state index in [4.69, 9.17) is 5.11 Å². The van der Waals surface area contributed by atoms with E-state index in [0.717, 1.165) is 4.88 Å². The number of H-pyrrole nitrogens is 1. The fraction of sp³-hybridized carbons (Fsp3) is 0.250. The Morgan fingerprint density at radius 1 is 1.30 bits per heavy atom. The monoisotopic (exact) mass is 314 g/mol. The van der Waals surface area contributed by atoms with Crippen LogP contribution in [0.15, 0.2) is 17.0 Å². The van der Waals surface area contributed by atoms with Crippen LogP contribution in [-0.2, 0) is 10.0 Å². The molecule has 8 heteroatoms. The molecule has 0 saturated carbocycles. The van der Waals surface area contributed by atoms with Crippen molar-refractivity contribution in [2.24, 2.45) is 0 Å².